The lowest BCUT2D eigenvalue weighted by Crippen LogP contribution is -2.48. The molecule has 2 aliphatic rings. The Labute approximate surface area is 209 Å². The molecule has 0 bridgehead atoms. The number of aliphatic imine (C=N–C) groups is 1. The van der Waals surface area contributed by atoms with Gasteiger partial charge in [-0.05, 0) is 63.4 Å². The first-order chi connectivity index (χ1) is 17.3. The van der Waals surface area contributed by atoms with Crippen molar-refractivity contribution in [2.45, 2.75) is 45.7 Å². The minimum absolute atomic E-state index is 0.0428. The Bertz CT molecular complexity index is 1170. The highest BCUT2D eigenvalue weighted by atomic mass is 19.1. The molecule has 0 unspecified atom stereocenters. The number of amides is 4. The van der Waals surface area contributed by atoms with Crippen LogP contribution < -0.4 is 10.6 Å². The molecule has 1 aliphatic heterocycles. The average molecular weight is 495 g/mol. The van der Waals surface area contributed by atoms with Crippen molar-refractivity contribution in [1.82, 2.24) is 20.1 Å². The predicted octanol–water partition coefficient (Wildman–Crippen LogP) is 3.47. The van der Waals surface area contributed by atoms with Crippen molar-refractivity contribution < 1.29 is 18.8 Å². The summed E-state index contributed by atoms with van der Waals surface area (Å²) in [6.07, 6.45) is 4.57. The third-order valence-corrected chi connectivity index (χ3v) is 6.34. The molecule has 190 valence electrons. The Kier molecular flexibility index (Phi) is 8.04. The van der Waals surface area contributed by atoms with Crippen LogP contribution in [-0.4, -0.2) is 70.6 Å². The monoisotopic (exact) mass is 494 g/mol. The third kappa shape index (κ3) is 6.51. The number of nitrogens with one attached hydrogen (secondary N) is 2. The van der Waals surface area contributed by atoms with Gasteiger partial charge >= 0.3 is 6.03 Å². The first-order valence-corrected chi connectivity index (χ1v) is 12.2. The Morgan fingerprint density at radius 1 is 1.06 bits per heavy atom. The van der Waals surface area contributed by atoms with Gasteiger partial charge in [0.1, 0.15) is 5.82 Å². The number of piperazine rings is 1. The van der Waals surface area contributed by atoms with Crippen LogP contribution in [0.15, 0.2) is 41.5 Å². The van der Waals surface area contributed by atoms with Crippen LogP contribution in [0.25, 0.3) is 0 Å². The summed E-state index contributed by atoms with van der Waals surface area (Å²) in [6, 6.07) is 7.22. The van der Waals surface area contributed by atoms with Crippen LogP contribution in [0.4, 0.5) is 14.9 Å². The third-order valence-electron chi connectivity index (χ3n) is 6.34. The normalized spacial score (nSPS) is 16.1. The highest BCUT2D eigenvalue weighted by Crippen LogP contribution is 2.20. The number of pyridine rings is 1. The molecule has 4 amide bonds. The van der Waals surface area contributed by atoms with Crippen LogP contribution in [0.5, 0.6) is 0 Å². The maximum Gasteiger partial charge on any atom is 0.319 e. The van der Waals surface area contributed by atoms with Gasteiger partial charge in [0, 0.05) is 61.8 Å². The van der Waals surface area contributed by atoms with Gasteiger partial charge in [0.25, 0.3) is 11.8 Å². The molecule has 9 nitrogen and oxygen atoms in total. The van der Waals surface area contributed by atoms with E-state index in [9.17, 15) is 18.8 Å². The SMILES string of the molecule is CC(C)=NC(=O)c1ccnc(CN2CCN(C(=O)c3ccc(NC(=O)NC4CCC4)c(F)c3)CC2)c1. The van der Waals surface area contributed by atoms with Crippen molar-refractivity contribution in [1.29, 1.82) is 0 Å². The van der Waals surface area contributed by atoms with Crippen LogP contribution in [0.2, 0.25) is 0 Å². The molecule has 2 N–H and O–H groups in total. The molecule has 10 heteroatoms. The van der Waals surface area contributed by atoms with Gasteiger partial charge in [0.15, 0.2) is 0 Å². The molecule has 1 aliphatic carbocycles. The van der Waals surface area contributed by atoms with Gasteiger partial charge in [0.05, 0.1) is 11.4 Å². The molecule has 2 aromatic rings. The van der Waals surface area contributed by atoms with Gasteiger partial charge in [-0.25, -0.2) is 14.2 Å². The maximum absolute atomic E-state index is 14.6. The summed E-state index contributed by atoms with van der Waals surface area (Å²) < 4.78 is 14.6. The summed E-state index contributed by atoms with van der Waals surface area (Å²) in [5.41, 5.74) is 2.23. The molecular formula is C26H31FN6O3. The first-order valence-electron chi connectivity index (χ1n) is 12.2. The fourth-order valence-corrected chi connectivity index (χ4v) is 4.13. The number of hydrogen-bond acceptors (Lipinski definition) is 5. The number of carbonyl (C=O) groups is 3. The minimum Gasteiger partial charge on any atom is -0.336 e. The Balaban J connectivity index is 1.29. The molecule has 0 spiro atoms. The number of carbonyl (C=O) groups excluding carboxylic acids is 3. The summed E-state index contributed by atoms with van der Waals surface area (Å²) in [5, 5.41) is 5.31. The summed E-state index contributed by atoms with van der Waals surface area (Å²) in [7, 11) is 0. The lowest BCUT2D eigenvalue weighted by atomic mass is 9.93. The summed E-state index contributed by atoms with van der Waals surface area (Å²) in [5.74, 6) is -1.19. The second-order valence-electron chi connectivity index (χ2n) is 9.39. The largest absolute Gasteiger partial charge is 0.336 e. The summed E-state index contributed by atoms with van der Waals surface area (Å²) in [6.45, 7) is 6.33. The van der Waals surface area contributed by atoms with E-state index in [1.165, 1.54) is 18.2 Å². The van der Waals surface area contributed by atoms with Gasteiger partial charge in [-0.15, -0.1) is 0 Å². The van der Waals surface area contributed by atoms with Gasteiger partial charge in [-0.3, -0.25) is 19.5 Å². The summed E-state index contributed by atoms with van der Waals surface area (Å²) >= 11 is 0. The van der Waals surface area contributed by atoms with E-state index in [-0.39, 0.29) is 29.1 Å². The topological polar surface area (TPSA) is 107 Å². The lowest BCUT2D eigenvalue weighted by Gasteiger charge is -2.34. The van der Waals surface area contributed by atoms with Gasteiger partial charge in [0.2, 0.25) is 0 Å². The van der Waals surface area contributed by atoms with Crippen molar-refractivity contribution in [3.05, 3.63) is 59.2 Å². The van der Waals surface area contributed by atoms with Crippen molar-refractivity contribution >= 4 is 29.2 Å². The molecule has 1 saturated heterocycles. The summed E-state index contributed by atoms with van der Waals surface area (Å²) in [4.78, 5) is 49.3. The number of halogens is 1. The minimum atomic E-state index is -0.647. The molecule has 2 fully saturated rings. The van der Waals surface area contributed by atoms with E-state index in [1.54, 1.807) is 37.1 Å². The molecule has 0 radical (unpaired) electrons. The number of hydrogen-bond donors (Lipinski definition) is 2. The number of anilines is 1. The fourth-order valence-electron chi connectivity index (χ4n) is 4.13. The van der Waals surface area contributed by atoms with E-state index in [2.05, 4.69) is 25.5 Å². The van der Waals surface area contributed by atoms with Crippen LogP contribution in [-0.2, 0) is 6.54 Å². The van der Waals surface area contributed by atoms with E-state index in [4.69, 9.17) is 0 Å². The number of rotatable bonds is 6. The number of aromatic nitrogens is 1. The van der Waals surface area contributed by atoms with E-state index in [0.717, 1.165) is 25.0 Å². The van der Waals surface area contributed by atoms with Gasteiger partial charge in [-0.1, -0.05) is 0 Å². The molecule has 1 aromatic carbocycles. The van der Waals surface area contributed by atoms with E-state index < -0.39 is 11.8 Å². The first kappa shape index (κ1) is 25.4. The number of urea groups is 1. The number of nitrogens with zero attached hydrogens (tertiary/aromatic N) is 4. The smallest absolute Gasteiger partial charge is 0.319 e. The van der Waals surface area contributed by atoms with Gasteiger partial charge in [-0.2, -0.15) is 0 Å². The van der Waals surface area contributed by atoms with Gasteiger partial charge < -0.3 is 15.5 Å². The van der Waals surface area contributed by atoms with Crippen LogP contribution in [0.1, 0.15) is 59.5 Å². The average Bonchev–Trinajstić information content (AvgIpc) is 2.82. The number of benzene rings is 1. The zero-order valence-corrected chi connectivity index (χ0v) is 20.6. The maximum atomic E-state index is 14.6. The predicted molar refractivity (Wildman–Crippen MR) is 135 cm³/mol. The van der Waals surface area contributed by atoms with E-state index in [0.29, 0.717) is 44.0 Å². The Hall–Kier alpha value is -3.66. The Morgan fingerprint density at radius 2 is 1.81 bits per heavy atom. The second-order valence-corrected chi connectivity index (χ2v) is 9.39. The molecule has 36 heavy (non-hydrogen) atoms. The van der Waals surface area contributed by atoms with Crippen molar-refractivity contribution in [2.24, 2.45) is 4.99 Å². The standard InChI is InChI=1S/C26H31FN6O3/c1-17(2)29-24(34)18-8-9-28-21(14-18)16-32-10-12-33(13-11-32)25(35)19-6-7-23(22(27)15-19)31-26(36)30-20-4-3-5-20/h6-9,14-15,20H,3-5,10-13,16H2,1-2H3,(H2,30,31,36). The van der Waals surface area contributed by atoms with E-state index in [1.807, 2.05) is 0 Å². The second kappa shape index (κ2) is 11.4. The molecule has 2 heterocycles. The molecule has 1 saturated carbocycles. The fraction of sp³-hybridized carbons (Fsp3) is 0.423. The Morgan fingerprint density at radius 3 is 2.44 bits per heavy atom. The van der Waals surface area contributed by atoms with Crippen LogP contribution >= 0.6 is 0 Å². The van der Waals surface area contributed by atoms with Crippen molar-refractivity contribution in [2.75, 3.05) is 31.5 Å². The highest BCUT2D eigenvalue weighted by molar-refractivity contribution is 6.02. The van der Waals surface area contributed by atoms with E-state index >= 15 is 0 Å². The van der Waals surface area contributed by atoms with Crippen molar-refractivity contribution in [3.63, 3.8) is 0 Å². The quantitative estimate of drug-likeness (QED) is 0.598. The highest BCUT2D eigenvalue weighted by Gasteiger charge is 2.24. The van der Waals surface area contributed by atoms with Crippen LogP contribution in [0.3, 0.4) is 0 Å². The molecule has 1 aromatic heterocycles. The molecule has 0 atom stereocenters. The zero-order chi connectivity index (χ0) is 25.7. The lowest BCUT2D eigenvalue weighted by molar-refractivity contribution is 0.0626. The molecule has 4 rings (SSSR count). The molecular weight excluding hydrogens is 463 g/mol. The van der Waals surface area contributed by atoms with Crippen LogP contribution in [0, 0.1) is 5.82 Å². The van der Waals surface area contributed by atoms with Crippen molar-refractivity contribution in [3.8, 4) is 0 Å². The zero-order valence-electron chi connectivity index (χ0n) is 20.6.